The van der Waals surface area contributed by atoms with Crippen LogP contribution in [0.2, 0.25) is 10.0 Å². The molecule has 0 aromatic heterocycles. The van der Waals surface area contributed by atoms with E-state index in [1.165, 1.54) is 0 Å². The van der Waals surface area contributed by atoms with Gasteiger partial charge in [-0.05, 0) is 36.1 Å². The fourth-order valence-corrected chi connectivity index (χ4v) is 6.08. The first-order chi connectivity index (χ1) is 18.0. The smallest absolute Gasteiger partial charge is 0.243 e. The van der Waals surface area contributed by atoms with Crippen LogP contribution in [-0.2, 0) is 28.3 Å². The Hall–Kier alpha value is -2.47. The summed E-state index contributed by atoms with van der Waals surface area (Å²) in [6.07, 6.45) is 4.59. The lowest BCUT2D eigenvalue weighted by atomic mass is 10.0. The molecular weight excluding hydrogens is 523 g/mol. The molecule has 3 aromatic carbocycles. The maximum atomic E-state index is 13.8. The van der Waals surface area contributed by atoms with E-state index in [0.29, 0.717) is 27.8 Å². The van der Waals surface area contributed by atoms with Crippen LogP contribution in [-0.4, -0.2) is 34.6 Å². The van der Waals surface area contributed by atoms with Gasteiger partial charge in [0, 0.05) is 40.4 Å². The Kier molecular flexibility index (Phi) is 10.4. The normalized spacial score (nSPS) is 14.3. The van der Waals surface area contributed by atoms with Crippen molar-refractivity contribution in [3.05, 3.63) is 106 Å². The van der Waals surface area contributed by atoms with Gasteiger partial charge in [0.05, 0.1) is 5.75 Å². The molecule has 1 N–H and O–H groups in total. The SMILES string of the molecule is O=C(NC1CCCC1)C(Cc1ccccc1)N(Cc1c(Cl)cccc1Cl)C(=O)CSCc1ccccc1. The molecular formula is C30H32Cl2N2O2S. The average molecular weight is 556 g/mol. The van der Waals surface area contributed by atoms with Crippen LogP contribution < -0.4 is 5.32 Å². The number of amides is 2. The van der Waals surface area contributed by atoms with Crippen molar-refractivity contribution in [2.75, 3.05) is 5.75 Å². The van der Waals surface area contributed by atoms with Crippen LogP contribution in [0.15, 0.2) is 78.9 Å². The van der Waals surface area contributed by atoms with E-state index in [-0.39, 0.29) is 30.2 Å². The largest absolute Gasteiger partial charge is 0.352 e. The highest BCUT2D eigenvalue weighted by Crippen LogP contribution is 2.28. The number of nitrogens with zero attached hydrogens (tertiary/aromatic N) is 1. The van der Waals surface area contributed by atoms with Gasteiger partial charge in [0.1, 0.15) is 6.04 Å². The minimum absolute atomic E-state index is 0.112. The second-order valence-electron chi connectivity index (χ2n) is 9.40. The van der Waals surface area contributed by atoms with Crippen LogP contribution in [0.25, 0.3) is 0 Å². The Morgan fingerprint density at radius 1 is 0.865 bits per heavy atom. The average Bonchev–Trinajstić information content (AvgIpc) is 3.42. The van der Waals surface area contributed by atoms with E-state index < -0.39 is 6.04 Å². The van der Waals surface area contributed by atoms with E-state index in [0.717, 1.165) is 36.8 Å². The second kappa shape index (κ2) is 13.9. The van der Waals surface area contributed by atoms with Gasteiger partial charge < -0.3 is 10.2 Å². The van der Waals surface area contributed by atoms with Crippen molar-refractivity contribution in [3.63, 3.8) is 0 Å². The Morgan fingerprint density at radius 2 is 1.46 bits per heavy atom. The van der Waals surface area contributed by atoms with E-state index in [9.17, 15) is 9.59 Å². The quantitative estimate of drug-likeness (QED) is 0.279. The van der Waals surface area contributed by atoms with Crippen molar-refractivity contribution >= 4 is 46.8 Å². The third kappa shape index (κ3) is 8.00. The molecule has 4 rings (SSSR count). The molecule has 37 heavy (non-hydrogen) atoms. The number of benzene rings is 3. The monoisotopic (exact) mass is 554 g/mol. The van der Waals surface area contributed by atoms with E-state index in [1.54, 1.807) is 34.9 Å². The molecule has 0 saturated heterocycles. The highest BCUT2D eigenvalue weighted by Gasteiger charge is 2.32. The molecule has 0 heterocycles. The predicted molar refractivity (Wildman–Crippen MR) is 154 cm³/mol. The molecule has 1 saturated carbocycles. The van der Waals surface area contributed by atoms with Gasteiger partial charge in [-0.2, -0.15) is 0 Å². The van der Waals surface area contributed by atoms with Crippen LogP contribution in [0.3, 0.4) is 0 Å². The highest BCUT2D eigenvalue weighted by atomic mass is 35.5. The zero-order chi connectivity index (χ0) is 26.0. The zero-order valence-electron chi connectivity index (χ0n) is 20.7. The number of carbonyl (C=O) groups excluding carboxylic acids is 2. The van der Waals surface area contributed by atoms with Gasteiger partial charge in [-0.3, -0.25) is 9.59 Å². The molecule has 1 atom stereocenters. The van der Waals surface area contributed by atoms with Crippen LogP contribution >= 0.6 is 35.0 Å². The summed E-state index contributed by atoms with van der Waals surface area (Å²) in [6.45, 7) is 0.165. The van der Waals surface area contributed by atoms with Crippen LogP contribution in [0.5, 0.6) is 0 Å². The lowest BCUT2D eigenvalue weighted by Crippen LogP contribution is -2.52. The summed E-state index contributed by atoms with van der Waals surface area (Å²) >= 11 is 14.6. The molecule has 1 aliphatic rings. The first-order valence-corrected chi connectivity index (χ1v) is 14.6. The number of rotatable bonds is 11. The van der Waals surface area contributed by atoms with Crippen molar-refractivity contribution in [2.24, 2.45) is 0 Å². The molecule has 0 bridgehead atoms. The Balaban J connectivity index is 1.60. The zero-order valence-corrected chi connectivity index (χ0v) is 23.1. The third-order valence-corrected chi connectivity index (χ3v) is 8.40. The number of carbonyl (C=O) groups is 2. The maximum absolute atomic E-state index is 13.8. The number of thioether (sulfide) groups is 1. The van der Waals surface area contributed by atoms with Gasteiger partial charge in [0.25, 0.3) is 0 Å². The van der Waals surface area contributed by atoms with Gasteiger partial charge in [-0.15, -0.1) is 11.8 Å². The van der Waals surface area contributed by atoms with Gasteiger partial charge in [0.15, 0.2) is 0 Å². The summed E-state index contributed by atoms with van der Waals surface area (Å²) in [5, 5.41) is 4.19. The lowest BCUT2D eigenvalue weighted by Gasteiger charge is -2.33. The van der Waals surface area contributed by atoms with Gasteiger partial charge >= 0.3 is 0 Å². The maximum Gasteiger partial charge on any atom is 0.243 e. The Labute approximate surface area is 233 Å². The number of nitrogens with one attached hydrogen (secondary N) is 1. The molecule has 0 aliphatic heterocycles. The van der Waals surface area contributed by atoms with Crippen molar-refractivity contribution in [1.82, 2.24) is 10.2 Å². The van der Waals surface area contributed by atoms with E-state index in [4.69, 9.17) is 23.2 Å². The molecule has 7 heteroatoms. The van der Waals surface area contributed by atoms with E-state index >= 15 is 0 Å². The summed E-state index contributed by atoms with van der Waals surface area (Å²) in [4.78, 5) is 29.2. The summed E-state index contributed by atoms with van der Waals surface area (Å²) < 4.78 is 0. The van der Waals surface area contributed by atoms with Crippen molar-refractivity contribution in [3.8, 4) is 0 Å². The molecule has 194 valence electrons. The summed E-state index contributed by atoms with van der Waals surface area (Å²) in [7, 11) is 0. The van der Waals surface area contributed by atoms with Crippen molar-refractivity contribution in [2.45, 2.75) is 56.5 Å². The molecule has 1 aliphatic carbocycles. The molecule has 2 amide bonds. The molecule has 1 fully saturated rings. The summed E-state index contributed by atoms with van der Waals surface area (Å²) in [5.41, 5.74) is 2.80. The number of hydrogen-bond donors (Lipinski definition) is 1. The molecule has 0 spiro atoms. The third-order valence-electron chi connectivity index (χ3n) is 6.70. The Bertz CT molecular complexity index is 1150. The molecule has 4 nitrogen and oxygen atoms in total. The van der Waals surface area contributed by atoms with Gasteiger partial charge in [0.2, 0.25) is 11.8 Å². The summed E-state index contributed by atoms with van der Waals surface area (Å²) in [6, 6.07) is 24.7. The molecule has 1 unspecified atom stereocenters. The molecule has 3 aromatic rings. The van der Waals surface area contributed by atoms with Crippen molar-refractivity contribution in [1.29, 1.82) is 0 Å². The van der Waals surface area contributed by atoms with E-state index in [2.05, 4.69) is 5.32 Å². The minimum Gasteiger partial charge on any atom is -0.352 e. The standard InChI is InChI=1S/C30H32Cl2N2O2S/c31-26-16-9-17-27(32)25(26)19-34(29(35)21-37-20-23-12-5-2-6-13-23)28(18-22-10-3-1-4-11-22)30(36)33-24-14-7-8-15-24/h1-6,9-13,16-17,24,28H,7-8,14-15,18-21H2,(H,33,36). The first kappa shape index (κ1) is 27.6. The first-order valence-electron chi connectivity index (χ1n) is 12.7. The summed E-state index contributed by atoms with van der Waals surface area (Å²) in [5.74, 6) is 0.726. The van der Waals surface area contributed by atoms with Crippen LogP contribution in [0, 0.1) is 0 Å². The predicted octanol–water partition coefficient (Wildman–Crippen LogP) is 6.93. The lowest BCUT2D eigenvalue weighted by molar-refractivity contribution is -0.139. The number of halogens is 2. The fourth-order valence-electron chi connectivity index (χ4n) is 4.69. The number of hydrogen-bond acceptors (Lipinski definition) is 3. The van der Waals surface area contributed by atoms with Crippen LogP contribution in [0.4, 0.5) is 0 Å². The highest BCUT2D eigenvalue weighted by molar-refractivity contribution is 7.99. The minimum atomic E-state index is -0.680. The fraction of sp³-hybridized carbons (Fsp3) is 0.333. The van der Waals surface area contributed by atoms with E-state index in [1.807, 2.05) is 60.7 Å². The van der Waals surface area contributed by atoms with Gasteiger partial charge in [-0.25, -0.2) is 0 Å². The topological polar surface area (TPSA) is 49.4 Å². The second-order valence-corrected chi connectivity index (χ2v) is 11.2. The Morgan fingerprint density at radius 3 is 2.08 bits per heavy atom. The van der Waals surface area contributed by atoms with Crippen molar-refractivity contribution < 1.29 is 9.59 Å². The van der Waals surface area contributed by atoms with Gasteiger partial charge in [-0.1, -0.05) is 103 Å². The van der Waals surface area contributed by atoms with Crippen LogP contribution in [0.1, 0.15) is 42.4 Å². The molecule has 0 radical (unpaired) electrons.